The quantitative estimate of drug-likeness (QED) is 0.231. The van der Waals surface area contributed by atoms with Crippen molar-refractivity contribution in [2.75, 3.05) is 24.5 Å². The number of carboxylic acids is 1. The van der Waals surface area contributed by atoms with Crippen LogP contribution in [-0.4, -0.2) is 47.3 Å². The van der Waals surface area contributed by atoms with Gasteiger partial charge >= 0.3 is 12.1 Å². The second-order valence-corrected chi connectivity index (χ2v) is 12.5. The van der Waals surface area contributed by atoms with Crippen LogP contribution in [0.1, 0.15) is 67.6 Å². The van der Waals surface area contributed by atoms with Gasteiger partial charge in [0.15, 0.2) is 0 Å². The van der Waals surface area contributed by atoms with Crippen LogP contribution in [-0.2, 0) is 4.74 Å². The number of hydrogen-bond donors (Lipinski definition) is 1. The van der Waals surface area contributed by atoms with Gasteiger partial charge in [-0.05, 0) is 74.1 Å². The van der Waals surface area contributed by atoms with Gasteiger partial charge in [0, 0.05) is 25.6 Å². The van der Waals surface area contributed by atoms with Crippen LogP contribution in [0, 0.1) is 17.6 Å². The summed E-state index contributed by atoms with van der Waals surface area (Å²) >= 11 is 0. The zero-order valence-electron chi connectivity index (χ0n) is 25.5. The molecule has 0 radical (unpaired) electrons. The Morgan fingerprint density at radius 1 is 0.977 bits per heavy atom. The fraction of sp³-hybridized carbons (Fsp3) is 0.333. The number of aromatic carboxylic acids is 1. The molecule has 1 saturated heterocycles. The number of benzene rings is 4. The van der Waals surface area contributed by atoms with E-state index in [1.165, 1.54) is 0 Å². The minimum absolute atomic E-state index is 0.00141. The molecule has 1 amide bonds. The van der Waals surface area contributed by atoms with Gasteiger partial charge in [-0.3, -0.25) is 0 Å². The van der Waals surface area contributed by atoms with E-state index in [9.17, 15) is 14.7 Å². The first-order chi connectivity index (χ1) is 20.9. The van der Waals surface area contributed by atoms with Gasteiger partial charge in [-0.15, -0.1) is 0 Å². The van der Waals surface area contributed by atoms with Crippen molar-refractivity contribution in [1.82, 2.24) is 4.90 Å². The molecule has 4 aromatic rings. The largest absolute Gasteiger partial charge is 0.478 e. The normalized spacial score (nSPS) is 17.7. The van der Waals surface area contributed by atoms with Gasteiger partial charge < -0.3 is 19.6 Å². The Morgan fingerprint density at radius 3 is 2.27 bits per heavy atom. The summed E-state index contributed by atoms with van der Waals surface area (Å²) in [6.07, 6.45) is 0.115. The smallest absolute Gasteiger partial charge is 0.410 e. The Labute approximate surface area is 256 Å². The molecule has 5 rings (SSSR count). The number of nitrogens with zero attached hydrogens (tertiary/aromatic N) is 2. The standard InChI is InChI=1S/C36H38F2N2O4/c1-23(28-16-10-14-25-13-8-9-15-30(25)28)40(35(43)44-36(2,3)4)22-27-21-39(18-17-29(27)24-11-6-5-7-12-24)33-31(37)19-26(34(41)42)20-32(33)38/h5-16,19-20,23,27,29H,17-18,21-22H2,1-4H3,(H,41,42)/t23-,27?,29?/m1/s1. The second-order valence-electron chi connectivity index (χ2n) is 12.5. The lowest BCUT2D eigenvalue weighted by molar-refractivity contribution is 0.0124. The fourth-order valence-corrected chi connectivity index (χ4v) is 6.30. The lowest BCUT2D eigenvalue weighted by Gasteiger charge is -2.43. The van der Waals surface area contributed by atoms with E-state index in [4.69, 9.17) is 4.74 Å². The van der Waals surface area contributed by atoms with E-state index >= 15 is 8.78 Å². The van der Waals surface area contributed by atoms with E-state index < -0.39 is 34.9 Å². The number of halogens is 2. The Hall–Kier alpha value is -4.46. The highest BCUT2D eigenvalue weighted by Crippen LogP contribution is 2.39. The first-order valence-electron chi connectivity index (χ1n) is 14.9. The number of carboxylic acid groups (broad SMARTS) is 1. The molecule has 4 aromatic carbocycles. The third-order valence-corrected chi connectivity index (χ3v) is 8.34. The van der Waals surface area contributed by atoms with Crippen molar-refractivity contribution < 1.29 is 28.2 Å². The SMILES string of the molecule is C[C@H](c1cccc2ccccc12)N(CC1CN(c2c(F)cc(C(=O)O)cc2F)CCC1c1ccccc1)C(=O)OC(C)(C)C. The van der Waals surface area contributed by atoms with Crippen LogP contribution in [0.25, 0.3) is 10.8 Å². The van der Waals surface area contributed by atoms with Gasteiger partial charge in [0.1, 0.15) is 22.9 Å². The molecule has 0 bridgehead atoms. The van der Waals surface area contributed by atoms with Crippen LogP contribution in [0.3, 0.4) is 0 Å². The van der Waals surface area contributed by atoms with Crippen LogP contribution >= 0.6 is 0 Å². The average Bonchev–Trinajstić information content (AvgIpc) is 2.98. The predicted molar refractivity (Wildman–Crippen MR) is 168 cm³/mol. The molecular weight excluding hydrogens is 562 g/mol. The van der Waals surface area contributed by atoms with Crippen LogP contribution < -0.4 is 4.90 Å². The monoisotopic (exact) mass is 600 g/mol. The minimum Gasteiger partial charge on any atom is -0.478 e. The second kappa shape index (κ2) is 12.6. The highest BCUT2D eigenvalue weighted by Gasteiger charge is 2.37. The van der Waals surface area contributed by atoms with E-state index in [0.29, 0.717) is 13.0 Å². The number of rotatable bonds is 7. The van der Waals surface area contributed by atoms with Crippen molar-refractivity contribution >= 4 is 28.5 Å². The lowest BCUT2D eigenvalue weighted by atomic mass is 9.79. The third-order valence-electron chi connectivity index (χ3n) is 8.34. The summed E-state index contributed by atoms with van der Waals surface area (Å²) in [5.41, 5.74) is 0.626. The Bertz CT molecular complexity index is 1630. The molecule has 44 heavy (non-hydrogen) atoms. The van der Waals surface area contributed by atoms with Crippen LogP contribution in [0.2, 0.25) is 0 Å². The van der Waals surface area contributed by atoms with E-state index in [0.717, 1.165) is 34.0 Å². The molecule has 1 fully saturated rings. The molecule has 0 saturated carbocycles. The van der Waals surface area contributed by atoms with Crippen molar-refractivity contribution in [3.05, 3.63) is 113 Å². The fourth-order valence-electron chi connectivity index (χ4n) is 6.30. The first-order valence-corrected chi connectivity index (χ1v) is 14.9. The van der Waals surface area contributed by atoms with Gasteiger partial charge in [0.25, 0.3) is 0 Å². The minimum atomic E-state index is -1.40. The van der Waals surface area contributed by atoms with Crippen LogP contribution in [0.5, 0.6) is 0 Å². The van der Waals surface area contributed by atoms with E-state index in [-0.39, 0.29) is 36.7 Å². The maximum Gasteiger partial charge on any atom is 0.410 e. The Kier molecular flexibility index (Phi) is 8.90. The molecule has 8 heteroatoms. The molecular formula is C36H38F2N2O4. The molecule has 1 aliphatic heterocycles. The third kappa shape index (κ3) is 6.69. The van der Waals surface area contributed by atoms with Gasteiger partial charge in [-0.25, -0.2) is 18.4 Å². The van der Waals surface area contributed by atoms with E-state index in [2.05, 4.69) is 0 Å². The number of carbonyl (C=O) groups is 2. The van der Waals surface area contributed by atoms with Crippen molar-refractivity contribution in [3.63, 3.8) is 0 Å². The van der Waals surface area contributed by atoms with E-state index in [1.54, 1.807) is 9.80 Å². The number of hydrogen-bond acceptors (Lipinski definition) is 4. The molecule has 2 unspecified atom stereocenters. The number of anilines is 1. The summed E-state index contributed by atoms with van der Waals surface area (Å²) in [5, 5.41) is 11.4. The van der Waals surface area contributed by atoms with E-state index in [1.807, 2.05) is 100 Å². The summed E-state index contributed by atoms with van der Waals surface area (Å²) in [6.45, 7) is 8.34. The average molecular weight is 601 g/mol. The summed E-state index contributed by atoms with van der Waals surface area (Å²) in [4.78, 5) is 28.7. The molecule has 0 spiro atoms. The molecule has 230 valence electrons. The summed E-state index contributed by atoms with van der Waals surface area (Å²) in [6, 6.07) is 25.3. The maximum atomic E-state index is 15.2. The van der Waals surface area contributed by atoms with Crippen LogP contribution in [0.15, 0.2) is 84.9 Å². The first kappa shape index (κ1) is 31.0. The maximum absolute atomic E-state index is 15.2. The van der Waals surface area contributed by atoms with Crippen molar-refractivity contribution in [2.24, 2.45) is 5.92 Å². The van der Waals surface area contributed by atoms with Gasteiger partial charge in [0.05, 0.1) is 11.6 Å². The molecule has 6 nitrogen and oxygen atoms in total. The molecule has 1 N–H and O–H groups in total. The summed E-state index contributed by atoms with van der Waals surface area (Å²) in [7, 11) is 0. The number of carbonyl (C=O) groups excluding carboxylic acids is 1. The van der Waals surface area contributed by atoms with Crippen molar-refractivity contribution in [3.8, 4) is 0 Å². The molecule has 0 aromatic heterocycles. The number of amides is 1. The molecule has 1 heterocycles. The van der Waals surface area contributed by atoms with Gasteiger partial charge in [-0.1, -0.05) is 72.8 Å². The number of piperidine rings is 1. The molecule has 0 aliphatic carbocycles. The highest BCUT2D eigenvalue weighted by atomic mass is 19.1. The molecule has 1 aliphatic rings. The number of ether oxygens (including phenoxy) is 1. The topological polar surface area (TPSA) is 70.1 Å². The highest BCUT2D eigenvalue weighted by molar-refractivity contribution is 5.88. The van der Waals surface area contributed by atoms with Gasteiger partial charge in [0.2, 0.25) is 0 Å². The van der Waals surface area contributed by atoms with Crippen molar-refractivity contribution in [1.29, 1.82) is 0 Å². The Balaban J connectivity index is 1.55. The zero-order valence-corrected chi connectivity index (χ0v) is 25.5. The summed E-state index contributed by atoms with van der Waals surface area (Å²) in [5.74, 6) is -3.47. The lowest BCUT2D eigenvalue weighted by Crippen LogP contribution is -2.48. The molecule has 3 atom stereocenters. The summed E-state index contributed by atoms with van der Waals surface area (Å²) < 4.78 is 36.4. The van der Waals surface area contributed by atoms with Gasteiger partial charge in [-0.2, -0.15) is 0 Å². The Morgan fingerprint density at radius 2 is 1.61 bits per heavy atom. The van der Waals surface area contributed by atoms with Crippen molar-refractivity contribution in [2.45, 2.75) is 51.7 Å². The number of fused-ring (bicyclic) bond motifs is 1. The predicted octanol–water partition coefficient (Wildman–Crippen LogP) is 8.42. The zero-order chi connectivity index (χ0) is 31.6. The van der Waals surface area contributed by atoms with Crippen LogP contribution in [0.4, 0.5) is 19.3 Å².